The second-order valence-corrected chi connectivity index (χ2v) is 8.44. The molecule has 146 valence electrons. The number of hydrogen-bond donors (Lipinski definition) is 4. The van der Waals surface area contributed by atoms with Crippen molar-refractivity contribution in [2.75, 3.05) is 0 Å². The van der Waals surface area contributed by atoms with Gasteiger partial charge < -0.3 is 29.9 Å². The van der Waals surface area contributed by atoms with Gasteiger partial charge in [-0.05, 0) is 54.9 Å². The molecule has 4 N–H and O–H groups in total. The van der Waals surface area contributed by atoms with E-state index in [-0.39, 0.29) is 42.5 Å². The predicted octanol–water partition coefficient (Wildman–Crippen LogP) is -0.276. The van der Waals surface area contributed by atoms with Crippen molar-refractivity contribution in [3.05, 3.63) is 23.8 Å². The van der Waals surface area contributed by atoms with Gasteiger partial charge in [0.2, 0.25) is 0 Å². The van der Waals surface area contributed by atoms with E-state index in [9.17, 15) is 30.0 Å². The lowest BCUT2D eigenvalue weighted by Crippen LogP contribution is -2.72. The molecule has 3 saturated carbocycles. The van der Waals surface area contributed by atoms with Crippen LogP contribution in [0.3, 0.4) is 0 Å². The number of ketones is 1. The standard InChI is InChI=1S/C19H22O8/c20-9-3-4-19-8(5-9)1-2-10-11-6-12(26-17(23)24)15(16(21)22)18(11,25)7-13(27-19)14(10)19/h3-5,10-15,17,23-25H,1-2,6-7H2,(H,21,22). The zero-order valence-electron chi connectivity index (χ0n) is 14.5. The molecule has 0 aromatic heterocycles. The first kappa shape index (κ1) is 17.5. The van der Waals surface area contributed by atoms with Gasteiger partial charge in [-0.3, -0.25) is 9.59 Å². The summed E-state index contributed by atoms with van der Waals surface area (Å²) in [5.74, 6) is -2.74. The number of carbonyl (C=O) groups is 2. The van der Waals surface area contributed by atoms with Gasteiger partial charge in [0.25, 0.3) is 6.48 Å². The minimum absolute atomic E-state index is 0.0174. The Labute approximate surface area is 155 Å². The van der Waals surface area contributed by atoms with Crippen molar-refractivity contribution in [3.8, 4) is 0 Å². The minimum atomic E-state index is -2.09. The number of rotatable bonds is 3. The maximum absolute atomic E-state index is 11.9. The van der Waals surface area contributed by atoms with Crippen LogP contribution in [-0.2, 0) is 19.1 Å². The van der Waals surface area contributed by atoms with E-state index in [2.05, 4.69) is 0 Å². The zero-order chi connectivity index (χ0) is 19.1. The van der Waals surface area contributed by atoms with Crippen molar-refractivity contribution < 1.29 is 39.5 Å². The zero-order valence-corrected chi connectivity index (χ0v) is 14.5. The van der Waals surface area contributed by atoms with Crippen LogP contribution in [0.2, 0.25) is 0 Å². The van der Waals surface area contributed by atoms with Crippen LogP contribution in [0.4, 0.5) is 0 Å². The molecule has 8 heteroatoms. The van der Waals surface area contributed by atoms with Crippen LogP contribution in [0.25, 0.3) is 0 Å². The first-order chi connectivity index (χ1) is 12.8. The van der Waals surface area contributed by atoms with E-state index >= 15 is 0 Å². The molecule has 27 heavy (non-hydrogen) atoms. The number of fused-ring (bicyclic) bond motifs is 2. The lowest BCUT2D eigenvalue weighted by atomic mass is 9.49. The van der Waals surface area contributed by atoms with Gasteiger partial charge in [0.15, 0.2) is 5.78 Å². The predicted molar refractivity (Wildman–Crippen MR) is 87.9 cm³/mol. The fourth-order valence-corrected chi connectivity index (χ4v) is 6.63. The molecule has 8 unspecified atom stereocenters. The Hall–Kier alpha value is -1.58. The molecule has 1 heterocycles. The molecule has 5 rings (SSSR count). The number of carboxylic acids is 1. The highest BCUT2D eigenvalue weighted by Gasteiger charge is 2.73. The summed E-state index contributed by atoms with van der Waals surface area (Å²) in [6.45, 7) is -2.09. The van der Waals surface area contributed by atoms with Gasteiger partial charge >= 0.3 is 5.97 Å². The molecule has 4 aliphatic carbocycles. The average Bonchev–Trinajstić information content (AvgIpc) is 2.84. The van der Waals surface area contributed by atoms with Crippen molar-refractivity contribution in [1.29, 1.82) is 0 Å². The maximum Gasteiger partial charge on any atom is 0.312 e. The number of hydrogen-bond acceptors (Lipinski definition) is 7. The molecule has 0 aromatic rings. The fourth-order valence-electron chi connectivity index (χ4n) is 6.63. The molecule has 1 spiro atoms. The number of aliphatic hydroxyl groups is 3. The van der Waals surface area contributed by atoms with E-state index in [1.54, 1.807) is 6.08 Å². The summed E-state index contributed by atoms with van der Waals surface area (Å²) >= 11 is 0. The van der Waals surface area contributed by atoms with Crippen molar-refractivity contribution in [1.82, 2.24) is 0 Å². The first-order valence-electron chi connectivity index (χ1n) is 9.35. The van der Waals surface area contributed by atoms with Crippen molar-refractivity contribution in [2.24, 2.45) is 23.7 Å². The Morgan fingerprint density at radius 1 is 1.37 bits per heavy atom. The Morgan fingerprint density at radius 3 is 2.85 bits per heavy atom. The van der Waals surface area contributed by atoms with Gasteiger partial charge in [-0.15, -0.1) is 0 Å². The van der Waals surface area contributed by atoms with Gasteiger partial charge in [-0.25, -0.2) is 0 Å². The van der Waals surface area contributed by atoms with Gasteiger partial charge in [0.1, 0.15) is 11.5 Å². The van der Waals surface area contributed by atoms with E-state index in [1.807, 2.05) is 6.08 Å². The minimum Gasteiger partial charge on any atom is -0.481 e. The van der Waals surface area contributed by atoms with Crippen molar-refractivity contribution in [3.63, 3.8) is 0 Å². The van der Waals surface area contributed by atoms with Crippen LogP contribution in [0.1, 0.15) is 25.7 Å². The largest absolute Gasteiger partial charge is 0.481 e. The summed E-state index contributed by atoms with van der Waals surface area (Å²) in [6.07, 6.45) is 5.49. The summed E-state index contributed by atoms with van der Waals surface area (Å²) in [4.78, 5) is 23.6. The third kappa shape index (κ3) is 2.16. The Morgan fingerprint density at radius 2 is 2.15 bits per heavy atom. The highest BCUT2D eigenvalue weighted by Crippen LogP contribution is 2.67. The Bertz CT molecular complexity index is 772. The van der Waals surface area contributed by atoms with Crippen LogP contribution < -0.4 is 0 Å². The van der Waals surface area contributed by atoms with E-state index in [4.69, 9.17) is 9.47 Å². The van der Waals surface area contributed by atoms with Crippen molar-refractivity contribution >= 4 is 11.8 Å². The summed E-state index contributed by atoms with van der Waals surface area (Å²) in [5.41, 5.74) is -1.17. The van der Waals surface area contributed by atoms with Gasteiger partial charge in [-0.1, -0.05) is 0 Å². The Balaban J connectivity index is 1.51. The number of aliphatic carboxylic acids is 1. The molecule has 8 atom stereocenters. The van der Waals surface area contributed by atoms with E-state index in [0.29, 0.717) is 6.42 Å². The summed E-state index contributed by atoms with van der Waals surface area (Å²) in [5, 5.41) is 39.5. The Kier molecular flexibility index (Phi) is 3.56. The normalized spacial score (nSPS) is 49.8. The molecule has 0 amide bonds. The van der Waals surface area contributed by atoms with Crippen LogP contribution in [-0.4, -0.2) is 62.1 Å². The van der Waals surface area contributed by atoms with Gasteiger partial charge in [0, 0.05) is 12.3 Å². The maximum atomic E-state index is 11.9. The molecule has 1 saturated heterocycles. The summed E-state index contributed by atoms with van der Waals surface area (Å²) in [7, 11) is 0. The molecule has 8 nitrogen and oxygen atoms in total. The molecule has 0 aromatic carbocycles. The third-order valence-electron chi connectivity index (χ3n) is 7.41. The molecular formula is C19H22O8. The molecular weight excluding hydrogens is 356 g/mol. The molecule has 5 aliphatic rings. The summed E-state index contributed by atoms with van der Waals surface area (Å²) in [6, 6.07) is 0. The first-order valence-corrected chi connectivity index (χ1v) is 9.35. The highest BCUT2D eigenvalue weighted by atomic mass is 16.7. The van der Waals surface area contributed by atoms with E-state index in [1.165, 1.54) is 6.08 Å². The van der Waals surface area contributed by atoms with Crippen LogP contribution >= 0.6 is 0 Å². The lowest BCUT2D eigenvalue weighted by Gasteiger charge is -2.66. The second kappa shape index (κ2) is 5.48. The molecule has 0 radical (unpaired) electrons. The van der Waals surface area contributed by atoms with E-state index < -0.39 is 35.7 Å². The number of ether oxygens (including phenoxy) is 2. The monoisotopic (exact) mass is 378 g/mol. The average molecular weight is 378 g/mol. The highest BCUT2D eigenvalue weighted by molar-refractivity contribution is 6.01. The summed E-state index contributed by atoms with van der Waals surface area (Å²) < 4.78 is 11.2. The number of allylic oxidation sites excluding steroid dienone is 2. The third-order valence-corrected chi connectivity index (χ3v) is 7.41. The quantitative estimate of drug-likeness (QED) is 0.493. The topological polar surface area (TPSA) is 134 Å². The number of carboxylic acid groups (broad SMARTS) is 1. The van der Waals surface area contributed by atoms with Gasteiger partial charge in [0.05, 0.1) is 17.8 Å². The molecule has 4 fully saturated rings. The van der Waals surface area contributed by atoms with Crippen LogP contribution in [0.5, 0.6) is 0 Å². The lowest BCUT2D eigenvalue weighted by molar-refractivity contribution is -0.302. The molecule has 1 aliphatic heterocycles. The van der Waals surface area contributed by atoms with Crippen molar-refractivity contribution in [2.45, 2.75) is 55.6 Å². The number of aliphatic hydroxyl groups excluding tert-OH is 1. The van der Waals surface area contributed by atoms with Gasteiger partial charge in [-0.2, -0.15) is 0 Å². The van der Waals surface area contributed by atoms with E-state index in [0.717, 1.165) is 12.0 Å². The SMILES string of the molecule is O=C1C=CC23OC4CC5(O)C(CC(OC(O)O)C5C(=O)O)C(CCC2=C1)C43. The number of carbonyl (C=O) groups excluding carboxylic acids is 1. The smallest absolute Gasteiger partial charge is 0.312 e. The van der Waals surface area contributed by atoms with Crippen LogP contribution in [0.15, 0.2) is 23.8 Å². The second-order valence-electron chi connectivity index (χ2n) is 8.44. The molecule has 0 bridgehead atoms. The fraction of sp³-hybridized carbons (Fsp3) is 0.684. The van der Waals surface area contributed by atoms with Crippen LogP contribution in [0, 0.1) is 23.7 Å².